The molecule has 0 N–H and O–H groups in total. The summed E-state index contributed by atoms with van der Waals surface area (Å²) >= 11 is 3.71. The Morgan fingerprint density at radius 1 is 1.23 bits per heavy atom. The molecule has 0 saturated heterocycles. The van der Waals surface area contributed by atoms with Gasteiger partial charge in [-0.05, 0) is 24.7 Å². The van der Waals surface area contributed by atoms with Gasteiger partial charge in [-0.1, -0.05) is 43.6 Å². The first-order valence-corrected chi connectivity index (χ1v) is 6.12. The highest BCUT2D eigenvalue weighted by atomic mass is 79.9. The molecular weight excluding hydrogens is 228 g/mol. The average molecular weight is 251 g/mol. The third kappa shape index (κ3) is 7.51. The van der Waals surface area contributed by atoms with Gasteiger partial charge in [0, 0.05) is 18.0 Å². The zero-order valence-corrected chi connectivity index (χ0v) is 11.0. The van der Waals surface area contributed by atoms with Crippen molar-refractivity contribution < 1.29 is 4.74 Å². The molecular formula is C11H23BrO. The fourth-order valence-electron chi connectivity index (χ4n) is 1.04. The average Bonchev–Trinajstić information content (AvgIpc) is 2.02. The van der Waals surface area contributed by atoms with Crippen molar-refractivity contribution in [1.82, 2.24) is 0 Å². The molecule has 0 bridgehead atoms. The topological polar surface area (TPSA) is 9.23 Å². The van der Waals surface area contributed by atoms with Crippen molar-refractivity contribution in [3.8, 4) is 0 Å². The number of halogens is 1. The van der Waals surface area contributed by atoms with Crippen LogP contribution < -0.4 is 0 Å². The number of hydrogen-bond donors (Lipinski definition) is 0. The molecule has 0 radical (unpaired) electrons. The molecule has 0 aliphatic carbocycles. The molecule has 0 fully saturated rings. The fourth-order valence-corrected chi connectivity index (χ4v) is 1.37. The lowest BCUT2D eigenvalue weighted by Gasteiger charge is -2.25. The Kier molecular flexibility index (Phi) is 7.06. The number of ether oxygens (including phenoxy) is 1. The van der Waals surface area contributed by atoms with Crippen LogP contribution in [0.1, 0.15) is 47.0 Å². The molecule has 1 atom stereocenters. The normalized spacial score (nSPS) is 14.5. The van der Waals surface area contributed by atoms with Gasteiger partial charge < -0.3 is 4.74 Å². The molecule has 0 spiro atoms. The Bertz CT molecular complexity index is 118. The summed E-state index contributed by atoms with van der Waals surface area (Å²) in [5.74, 6) is 0. The molecule has 1 nitrogen and oxygen atoms in total. The molecule has 0 aromatic rings. The second kappa shape index (κ2) is 6.83. The molecule has 1 unspecified atom stereocenters. The van der Waals surface area contributed by atoms with E-state index in [0.717, 1.165) is 26.1 Å². The van der Waals surface area contributed by atoms with E-state index in [2.05, 4.69) is 43.6 Å². The van der Waals surface area contributed by atoms with Gasteiger partial charge in [0.15, 0.2) is 0 Å². The van der Waals surface area contributed by atoms with Gasteiger partial charge in [-0.15, -0.1) is 0 Å². The Hall–Kier alpha value is 0.440. The van der Waals surface area contributed by atoms with Crippen LogP contribution >= 0.6 is 15.9 Å². The van der Waals surface area contributed by atoms with Crippen molar-refractivity contribution in [3.63, 3.8) is 0 Å². The summed E-state index contributed by atoms with van der Waals surface area (Å²) in [6.07, 6.45) is 3.48. The van der Waals surface area contributed by atoms with E-state index in [1.807, 2.05) is 0 Å². The van der Waals surface area contributed by atoms with Crippen LogP contribution in [-0.4, -0.2) is 18.0 Å². The third-order valence-electron chi connectivity index (χ3n) is 2.03. The molecule has 0 aliphatic rings. The van der Waals surface area contributed by atoms with Gasteiger partial charge in [0.05, 0.1) is 0 Å². The minimum atomic E-state index is 0.366. The number of rotatable bonds is 6. The molecule has 0 saturated carbocycles. The predicted molar refractivity (Wildman–Crippen MR) is 62.5 cm³/mol. The van der Waals surface area contributed by atoms with Crippen LogP contribution in [0, 0.1) is 5.41 Å². The summed E-state index contributed by atoms with van der Waals surface area (Å²) in [4.78, 5) is 0.602. The molecule has 0 aromatic carbocycles. The summed E-state index contributed by atoms with van der Waals surface area (Å²) in [5, 5.41) is 0. The van der Waals surface area contributed by atoms with Gasteiger partial charge in [-0.2, -0.15) is 0 Å². The van der Waals surface area contributed by atoms with Crippen LogP contribution in [0.4, 0.5) is 0 Å². The Morgan fingerprint density at radius 3 is 2.31 bits per heavy atom. The Labute approximate surface area is 91.4 Å². The molecule has 2 heteroatoms. The number of hydrogen-bond acceptors (Lipinski definition) is 1. The van der Waals surface area contributed by atoms with Gasteiger partial charge in [-0.25, -0.2) is 0 Å². The summed E-state index contributed by atoms with van der Waals surface area (Å²) in [6.45, 7) is 10.7. The maximum Gasteiger partial charge on any atom is 0.0466 e. The van der Waals surface area contributed by atoms with Gasteiger partial charge in [0.25, 0.3) is 0 Å². The molecule has 0 aromatic heterocycles. The van der Waals surface area contributed by atoms with Crippen molar-refractivity contribution >= 4 is 15.9 Å². The first-order chi connectivity index (χ1) is 5.98. The highest BCUT2D eigenvalue weighted by Crippen LogP contribution is 2.29. The summed E-state index contributed by atoms with van der Waals surface area (Å²) in [7, 11) is 0. The minimum absolute atomic E-state index is 0.366. The van der Waals surface area contributed by atoms with Crippen LogP contribution in [0.2, 0.25) is 0 Å². The second-order valence-corrected chi connectivity index (χ2v) is 5.69. The monoisotopic (exact) mass is 250 g/mol. The molecule has 0 rings (SSSR count). The van der Waals surface area contributed by atoms with Gasteiger partial charge in [0.1, 0.15) is 0 Å². The summed E-state index contributed by atoms with van der Waals surface area (Å²) in [6, 6.07) is 0. The standard InChI is InChI=1S/C11H23BrO/c1-5-8-13-9-6-7-10(12)11(2,3)4/h10H,5-9H2,1-4H3. The lowest BCUT2D eigenvalue weighted by molar-refractivity contribution is 0.129. The summed E-state index contributed by atoms with van der Waals surface area (Å²) in [5.41, 5.74) is 0.366. The summed E-state index contributed by atoms with van der Waals surface area (Å²) < 4.78 is 5.43. The van der Waals surface area contributed by atoms with Crippen molar-refractivity contribution in [3.05, 3.63) is 0 Å². The molecule has 80 valence electrons. The van der Waals surface area contributed by atoms with E-state index in [1.54, 1.807) is 0 Å². The largest absolute Gasteiger partial charge is 0.381 e. The lowest BCUT2D eigenvalue weighted by Crippen LogP contribution is -2.20. The van der Waals surface area contributed by atoms with E-state index in [-0.39, 0.29) is 0 Å². The first-order valence-electron chi connectivity index (χ1n) is 5.20. The smallest absolute Gasteiger partial charge is 0.0466 e. The molecule has 0 aliphatic heterocycles. The maximum atomic E-state index is 5.43. The minimum Gasteiger partial charge on any atom is -0.381 e. The van der Waals surface area contributed by atoms with E-state index in [0.29, 0.717) is 10.2 Å². The fraction of sp³-hybridized carbons (Fsp3) is 1.00. The van der Waals surface area contributed by atoms with Crippen LogP contribution in [0.5, 0.6) is 0 Å². The second-order valence-electron chi connectivity index (χ2n) is 4.59. The zero-order valence-electron chi connectivity index (χ0n) is 9.40. The lowest BCUT2D eigenvalue weighted by atomic mass is 9.90. The van der Waals surface area contributed by atoms with Crippen molar-refractivity contribution in [2.45, 2.75) is 51.8 Å². The van der Waals surface area contributed by atoms with E-state index in [9.17, 15) is 0 Å². The van der Waals surface area contributed by atoms with E-state index in [1.165, 1.54) is 6.42 Å². The Balaban J connectivity index is 3.32. The van der Waals surface area contributed by atoms with Crippen LogP contribution in [0.3, 0.4) is 0 Å². The quantitative estimate of drug-likeness (QED) is 0.512. The van der Waals surface area contributed by atoms with Gasteiger partial charge in [0.2, 0.25) is 0 Å². The van der Waals surface area contributed by atoms with E-state index in [4.69, 9.17) is 4.74 Å². The first kappa shape index (κ1) is 13.4. The number of alkyl halides is 1. The van der Waals surface area contributed by atoms with Gasteiger partial charge in [-0.3, -0.25) is 0 Å². The zero-order chi connectivity index (χ0) is 10.3. The molecule has 0 heterocycles. The highest BCUT2D eigenvalue weighted by Gasteiger charge is 2.20. The van der Waals surface area contributed by atoms with Crippen molar-refractivity contribution in [2.75, 3.05) is 13.2 Å². The highest BCUT2D eigenvalue weighted by molar-refractivity contribution is 9.09. The predicted octanol–water partition coefficient (Wildman–Crippen LogP) is 4.00. The third-order valence-corrected chi connectivity index (χ3v) is 3.87. The van der Waals surface area contributed by atoms with E-state index < -0.39 is 0 Å². The van der Waals surface area contributed by atoms with Crippen molar-refractivity contribution in [2.24, 2.45) is 5.41 Å². The Morgan fingerprint density at radius 2 is 1.85 bits per heavy atom. The van der Waals surface area contributed by atoms with Gasteiger partial charge >= 0.3 is 0 Å². The molecule has 0 amide bonds. The van der Waals surface area contributed by atoms with Crippen LogP contribution in [0.25, 0.3) is 0 Å². The van der Waals surface area contributed by atoms with Crippen molar-refractivity contribution in [1.29, 1.82) is 0 Å². The van der Waals surface area contributed by atoms with Crippen LogP contribution in [-0.2, 0) is 4.74 Å². The van der Waals surface area contributed by atoms with E-state index >= 15 is 0 Å². The molecule has 13 heavy (non-hydrogen) atoms. The maximum absolute atomic E-state index is 5.43. The van der Waals surface area contributed by atoms with Crippen LogP contribution in [0.15, 0.2) is 0 Å². The SMILES string of the molecule is CCCOCCCC(Br)C(C)(C)C.